The molecule has 1 saturated carbocycles. The Morgan fingerprint density at radius 3 is 2.21 bits per heavy atom. The van der Waals surface area contributed by atoms with Crippen LogP contribution in [0.15, 0.2) is 0 Å². The molecule has 2 aliphatic rings. The molecule has 2 rings (SSSR count). The van der Waals surface area contributed by atoms with E-state index in [1.54, 1.807) is 0 Å². The number of hydrogen-bond donors (Lipinski definition) is 1. The summed E-state index contributed by atoms with van der Waals surface area (Å²) in [5.41, 5.74) is -0.591. The predicted molar refractivity (Wildman–Crippen MR) is 76.8 cm³/mol. The van der Waals surface area contributed by atoms with Gasteiger partial charge in [0, 0.05) is 19.6 Å². The molecule has 1 N–H and O–H groups in total. The first kappa shape index (κ1) is 15.3. The van der Waals surface area contributed by atoms with Crippen LogP contribution in [0.1, 0.15) is 39.5 Å². The summed E-state index contributed by atoms with van der Waals surface area (Å²) in [6.45, 7) is 6.32. The fraction of sp³-hybridized carbons (Fsp3) is 1.00. The fourth-order valence-electron chi connectivity index (χ4n) is 3.33. The number of nitrogens with zero attached hydrogens (tertiary/aromatic N) is 1. The Hall–Kier alpha value is -0.130. The van der Waals surface area contributed by atoms with Gasteiger partial charge in [-0.1, -0.05) is 13.8 Å². The average Bonchev–Trinajstić information content (AvgIpc) is 2.32. The van der Waals surface area contributed by atoms with Gasteiger partial charge >= 0.3 is 0 Å². The van der Waals surface area contributed by atoms with Crippen molar-refractivity contribution in [2.24, 2.45) is 11.8 Å². The van der Waals surface area contributed by atoms with E-state index in [0.29, 0.717) is 25.6 Å². The summed E-state index contributed by atoms with van der Waals surface area (Å²) in [5, 5.41) is 10.7. The molecule has 0 aromatic carbocycles. The van der Waals surface area contributed by atoms with Crippen molar-refractivity contribution >= 4 is 9.84 Å². The molecule has 4 nitrogen and oxygen atoms in total. The van der Waals surface area contributed by atoms with Gasteiger partial charge in [0.25, 0.3) is 0 Å². The number of rotatable bonds is 3. The molecule has 19 heavy (non-hydrogen) atoms. The van der Waals surface area contributed by atoms with Gasteiger partial charge in [0.2, 0.25) is 0 Å². The summed E-state index contributed by atoms with van der Waals surface area (Å²) in [6.07, 6.45) is 3.92. The number of β-amino-alcohol motifs (C(OH)–C–C–N with tert-alkyl or cyclic N) is 1. The topological polar surface area (TPSA) is 57.6 Å². The molecule has 1 heterocycles. The largest absolute Gasteiger partial charge is 0.389 e. The summed E-state index contributed by atoms with van der Waals surface area (Å²) < 4.78 is 22.8. The Morgan fingerprint density at radius 2 is 1.74 bits per heavy atom. The average molecular weight is 289 g/mol. The minimum Gasteiger partial charge on any atom is -0.389 e. The van der Waals surface area contributed by atoms with Crippen molar-refractivity contribution in [1.82, 2.24) is 4.90 Å². The lowest BCUT2D eigenvalue weighted by atomic mass is 9.74. The maximum absolute atomic E-state index is 11.4. The highest BCUT2D eigenvalue weighted by Gasteiger charge is 2.36. The van der Waals surface area contributed by atoms with E-state index in [2.05, 4.69) is 18.7 Å². The molecule has 0 amide bonds. The first-order valence-corrected chi connectivity index (χ1v) is 9.27. The third-order valence-electron chi connectivity index (χ3n) is 4.86. The zero-order valence-electron chi connectivity index (χ0n) is 12.1. The van der Waals surface area contributed by atoms with Crippen LogP contribution in [-0.2, 0) is 9.84 Å². The molecule has 5 heteroatoms. The molecule has 0 aromatic heterocycles. The number of hydrogen-bond acceptors (Lipinski definition) is 4. The molecule has 0 atom stereocenters. The lowest BCUT2D eigenvalue weighted by Gasteiger charge is -2.41. The minimum absolute atomic E-state index is 0.248. The Morgan fingerprint density at radius 1 is 1.21 bits per heavy atom. The molecule has 0 aromatic rings. The van der Waals surface area contributed by atoms with Crippen LogP contribution < -0.4 is 0 Å². The molecule has 0 radical (unpaired) electrons. The monoisotopic (exact) mass is 289 g/mol. The SMILES string of the molecule is CC(C)C1CCC(O)(CN2CCS(=O)(=O)CC2)CC1. The van der Waals surface area contributed by atoms with Gasteiger partial charge in [-0.15, -0.1) is 0 Å². The Balaban J connectivity index is 1.83. The molecule has 0 bridgehead atoms. The van der Waals surface area contributed by atoms with E-state index >= 15 is 0 Å². The van der Waals surface area contributed by atoms with Gasteiger partial charge in [-0.3, -0.25) is 4.90 Å². The smallest absolute Gasteiger partial charge is 0.152 e. The zero-order valence-corrected chi connectivity index (χ0v) is 13.0. The van der Waals surface area contributed by atoms with E-state index in [4.69, 9.17) is 0 Å². The zero-order chi connectivity index (χ0) is 14.1. The molecule has 0 unspecified atom stereocenters. The van der Waals surface area contributed by atoms with Crippen LogP contribution in [0.5, 0.6) is 0 Å². The first-order chi connectivity index (χ1) is 8.80. The Bertz CT molecular complexity index is 383. The van der Waals surface area contributed by atoms with E-state index in [9.17, 15) is 13.5 Å². The van der Waals surface area contributed by atoms with Crippen molar-refractivity contribution in [3.05, 3.63) is 0 Å². The van der Waals surface area contributed by atoms with Crippen LogP contribution in [0.25, 0.3) is 0 Å². The predicted octanol–water partition coefficient (Wildman–Crippen LogP) is 1.29. The Kier molecular flexibility index (Phi) is 4.58. The highest BCUT2D eigenvalue weighted by atomic mass is 32.2. The maximum atomic E-state index is 11.4. The molecule has 1 aliphatic carbocycles. The van der Waals surface area contributed by atoms with Crippen LogP contribution in [0.2, 0.25) is 0 Å². The van der Waals surface area contributed by atoms with Crippen LogP contribution in [0, 0.1) is 11.8 Å². The van der Waals surface area contributed by atoms with Crippen LogP contribution in [-0.4, -0.2) is 55.2 Å². The fourth-order valence-corrected chi connectivity index (χ4v) is 4.60. The van der Waals surface area contributed by atoms with Gasteiger partial charge in [0.1, 0.15) is 0 Å². The number of sulfone groups is 1. The minimum atomic E-state index is -2.82. The molecule has 2 fully saturated rings. The molecule has 1 saturated heterocycles. The van der Waals surface area contributed by atoms with E-state index < -0.39 is 15.4 Å². The first-order valence-electron chi connectivity index (χ1n) is 7.45. The van der Waals surface area contributed by atoms with Crippen LogP contribution in [0.4, 0.5) is 0 Å². The second-order valence-electron chi connectivity index (χ2n) is 6.73. The molecule has 0 spiro atoms. The van der Waals surface area contributed by atoms with Gasteiger partial charge in [-0.05, 0) is 37.5 Å². The van der Waals surface area contributed by atoms with Crippen molar-refractivity contribution in [2.75, 3.05) is 31.1 Å². The van der Waals surface area contributed by atoms with Gasteiger partial charge in [-0.25, -0.2) is 8.42 Å². The highest BCUT2D eigenvalue weighted by Crippen LogP contribution is 2.36. The third kappa shape index (κ3) is 4.17. The standard InChI is InChI=1S/C14H27NO3S/c1-12(2)13-3-5-14(16,6-4-13)11-15-7-9-19(17,18)10-8-15/h12-13,16H,3-11H2,1-2H3. The van der Waals surface area contributed by atoms with Crippen molar-refractivity contribution < 1.29 is 13.5 Å². The summed E-state index contributed by atoms with van der Waals surface area (Å²) in [7, 11) is -2.82. The van der Waals surface area contributed by atoms with E-state index in [0.717, 1.165) is 31.6 Å². The second-order valence-corrected chi connectivity index (χ2v) is 9.04. The van der Waals surface area contributed by atoms with E-state index in [1.807, 2.05) is 0 Å². The van der Waals surface area contributed by atoms with Gasteiger partial charge in [-0.2, -0.15) is 0 Å². The second kappa shape index (κ2) is 5.70. The van der Waals surface area contributed by atoms with Crippen molar-refractivity contribution in [3.63, 3.8) is 0 Å². The van der Waals surface area contributed by atoms with Crippen LogP contribution in [0.3, 0.4) is 0 Å². The molecular formula is C14H27NO3S. The summed E-state index contributed by atoms with van der Waals surface area (Å²) >= 11 is 0. The normalized spacial score (nSPS) is 36.5. The van der Waals surface area contributed by atoms with Gasteiger partial charge in [0.05, 0.1) is 17.1 Å². The molecule has 112 valence electrons. The highest BCUT2D eigenvalue weighted by molar-refractivity contribution is 7.91. The van der Waals surface area contributed by atoms with E-state index in [1.165, 1.54) is 0 Å². The summed E-state index contributed by atoms with van der Waals surface area (Å²) in [6, 6.07) is 0. The molecular weight excluding hydrogens is 262 g/mol. The lowest BCUT2D eigenvalue weighted by molar-refractivity contribution is -0.0395. The van der Waals surface area contributed by atoms with Crippen molar-refractivity contribution in [2.45, 2.75) is 45.1 Å². The summed E-state index contributed by atoms with van der Waals surface area (Å²) in [4.78, 5) is 2.12. The van der Waals surface area contributed by atoms with Crippen molar-refractivity contribution in [3.8, 4) is 0 Å². The van der Waals surface area contributed by atoms with E-state index in [-0.39, 0.29) is 11.5 Å². The van der Waals surface area contributed by atoms with Gasteiger partial charge < -0.3 is 5.11 Å². The van der Waals surface area contributed by atoms with Crippen molar-refractivity contribution in [1.29, 1.82) is 0 Å². The molecule has 1 aliphatic heterocycles. The van der Waals surface area contributed by atoms with Crippen LogP contribution >= 0.6 is 0 Å². The number of aliphatic hydroxyl groups is 1. The third-order valence-corrected chi connectivity index (χ3v) is 6.47. The van der Waals surface area contributed by atoms with Gasteiger partial charge in [0.15, 0.2) is 9.84 Å². The Labute approximate surface area is 117 Å². The lowest BCUT2D eigenvalue weighted by Crippen LogP contribution is -2.50. The quantitative estimate of drug-likeness (QED) is 0.851. The maximum Gasteiger partial charge on any atom is 0.152 e. The summed E-state index contributed by atoms with van der Waals surface area (Å²) in [5.74, 6) is 1.93.